The average molecular weight is 680 g/mol. The van der Waals surface area contributed by atoms with Gasteiger partial charge in [-0.05, 0) is 38.5 Å². The summed E-state index contributed by atoms with van der Waals surface area (Å²) in [6.45, 7) is 4.05. The molecule has 1 unspecified atom stereocenters. The quantitative estimate of drug-likeness (QED) is 0.0340. The molecule has 0 spiro atoms. The zero-order valence-electron chi connectivity index (χ0n) is 30.5. The van der Waals surface area contributed by atoms with E-state index in [0.717, 1.165) is 32.1 Å². The molecule has 1 rings (SSSR count). The molecule has 0 saturated carbocycles. The van der Waals surface area contributed by atoms with E-state index in [-0.39, 0.29) is 31.3 Å². The predicted octanol–water partition coefficient (Wildman–Crippen LogP) is 7.56. The molecule has 1 fully saturated rings. The van der Waals surface area contributed by atoms with Crippen LogP contribution in [0.2, 0.25) is 0 Å². The first-order chi connectivity index (χ1) is 23.3. The molecule has 0 aliphatic carbocycles. The van der Waals surface area contributed by atoms with E-state index in [9.17, 15) is 30.3 Å². The molecular weight excluding hydrogens is 606 g/mol. The Morgan fingerprint density at radius 2 is 1.35 bits per heavy atom. The van der Waals surface area contributed by atoms with E-state index >= 15 is 0 Å². The van der Waals surface area contributed by atoms with Crippen molar-refractivity contribution >= 4 is 5.91 Å². The second kappa shape index (κ2) is 30.3. The number of amides is 1. The number of carbonyl (C=O) groups is 1. The van der Waals surface area contributed by atoms with Crippen LogP contribution in [-0.2, 0) is 9.53 Å². The van der Waals surface area contributed by atoms with E-state index < -0.39 is 36.7 Å². The molecule has 1 aliphatic rings. The summed E-state index contributed by atoms with van der Waals surface area (Å²) in [6.07, 6.45) is 31.3. The van der Waals surface area contributed by atoms with Crippen molar-refractivity contribution in [3.05, 3.63) is 36.5 Å². The minimum atomic E-state index is -1.04. The lowest BCUT2D eigenvalue weighted by atomic mass is 9.87. The van der Waals surface area contributed by atoms with Gasteiger partial charge in [0.2, 0.25) is 5.91 Å². The molecule has 0 radical (unpaired) electrons. The van der Waals surface area contributed by atoms with Crippen LogP contribution in [0.3, 0.4) is 0 Å². The number of aliphatic hydroxyl groups is 5. The van der Waals surface area contributed by atoms with Gasteiger partial charge >= 0.3 is 0 Å². The van der Waals surface area contributed by atoms with Crippen LogP contribution in [0.25, 0.3) is 0 Å². The fourth-order valence-corrected chi connectivity index (χ4v) is 6.27. The highest BCUT2D eigenvalue weighted by molar-refractivity contribution is 5.76. The van der Waals surface area contributed by atoms with E-state index in [2.05, 4.69) is 19.2 Å². The summed E-state index contributed by atoms with van der Waals surface area (Å²) < 4.78 is 5.66. The minimum Gasteiger partial charge on any atom is -0.394 e. The van der Waals surface area contributed by atoms with E-state index in [1.54, 1.807) is 18.2 Å². The molecule has 280 valence electrons. The first-order valence-corrected chi connectivity index (χ1v) is 19.6. The Labute approximate surface area is 293 Å². The molecule has 48 heavy (non-hydrogen) atoms. The number of allylic oxidation sites excluding steroid dienone is 3. The highest BCUT2D eigenvalue weighted by atomic mass is 16.6. The van der Waals surface area contributed by atoms with Gasteiger partial charge in [0.25, 0.3) is 0 Å². The Morgan fingerprint density at radius 3 is 1.98 bits per heavy atom. The maximum atomic E-state index is 12.5. The maximum absolute atomic E-state index is 12.5. The molecule has 1 amide bonds. The molecule has 0 aromatic heterocycles. The number of aliphatic hydroxyl groups excluding tert-OH is 5. The van der Waals surface area contributed by atoms with Crippen LogP contribution in [0, 0.1) is 5.92 Å². The standard InChI is InChI=1S/C40H73NO7/c1-3-5-7-8-9-10-11-12-13-14-15-16-17-18-23-27-36(44)35(32-42)41-39(46)28-24-20-19-22-26-34-37(45)31-40(47)48-38(34)30-29-33(43)25-21-6-4-2/h19,22-23,27,29-30,33-38,40,42-45,47H,3-18,20-21,24-26,28,31-32H2,1-2H3,(H,41,46)/b22-19-,27-23+,30-29+/t33-,34-,35-,36+,37-,38+,40?/m0/s1. The highest BCUT2D eigenvalue weighted by Crippen LogP contribution is 2.29. The van der Waals surface area contributed by atoms with Crippen molar-refractivity contribution in [1.82, 2.24) is 5.32 Å². The van der Waals surface area contributed by atoms with Crippen molar-refractivity contribution in [1.29, 1.82) is 0 Å². The molecule has 0 aromatic carbocycles. The van der Waals surface area contributed by atoms with E-state index in [1.807, 2.05) is 18.2 Å². The molecule has 0 aromatic rings. The normalized spacial score (nSPS) is 22.1. The summed E-state index contributed by atoms with van der Waals surface area (Å²) in [5, 5.41) is 53.7. The largest absolute Gasteiger partial charge is 0.394 e. The fourth-order valence-electron chi connectivity index (χ4n) is 6.27. The number of nitrogens with one attached hydrogen (secondary N) is 1. The van der Waals surface area contributed by atoms with Crippen molar-refractivity contribution in [2.75, 3.05) is 6.61 Å². The summed E-state index contributed by atoms with van der Waals surface area (Å²) in [5.74, 6) is -0.449. The van der Waals surface area contributed by atoms with Gasteiger partial charge in [-0.3, -0.25) is 4.79 Å². The molecule has 1 aliphatic heterocycles. The van der Waals surface area contributed by atoms with E-state index in [4.69, 9.17) is 4.74 Å². The SMILES string of the molecule is CCCCCCCCCCCCCCC/C=C/[C@@H](O)[C@H](CO)NC(=O)CCC/C=C\C[C@H]1[C@@H](O)CC(O)O[C@@H]1/C=C/[C@@H](O)CCCCC. The number of hydrogen-bond donors (Lipinski definition) is 6. The second-order valence-corrected chi connectivity index (χ2v) is 13.9. The van der Waals surface area contributed by atoms with Crippen molar-refractivity contribution in [2.45, 2.75) is 198 Å². The van der Waals surface area contributed by atoms with Crippen LogP contribution in [0.4, 0.5) is 0 Å². The third-order valence-electron chi connectivity index (χ3n) is 9.41. The van der Waals surface area contributed by atoms with Gasteiger partial charge in [-0.2, -0.15) is 0 Å². The Bertz CT molecular complexity index is 847. The zero-order valence-corrected chi connectivity index (χ0v) is 30.5. The number of unbranched alkanes of at least 4 members (excludes halogenated alkanes) is 16. The van der Waals surface area contributed by atoms with Crippen LogP contribution < -0.4 is 5.32 Å². The number of rotatable bonds is 30. The lowest BCUT2D eigenvalue weighted by Gasteiger charge is -2.36. The number of hydrogen-bond acceptors (Lipinski definition) is 7. The highest BCUT2D eigenvalue weighted by Gasteiger charge is 2.35. The topological polar surface area (TPSA) is 139 Å². The molecular formula is C40H73NO7. The summed E-state index contributed by atoms with van der Waals surface area (Å²) in [5.41, 5.74) is 0. The predicted molar refractivity (Wildman–Crippen MR) is 196 cm³/mol. The molecule has 1 heterocycles. The molecule has 8 heteroatoms. The Morgan fingerprint density at radius 1 is 0.771 bits per heavy atom. The van der Waals surface area contributed by atoms with Gasteiger partial charge in [0.05, 0.1) is 37.1 Å². The Hall–Kier alpha value is -1.55. The smallest absolute Gasteiger partial charge is 0.220 e. The molecule has 0 bridgehead atoms. The van der Waals surface area contributed by atoms with Gasteiger partial charge in [0.15, 0.2) is 6.29 Å². The Kier molecular flexibility index (Phi) is 28.1. The lowest BCUT2D eigenvalue weighted by Crippen LogP contribution is -2.45. The number of carbonyl (C=O) groups excluding carboxylic acids is 1. The maximum Gasteiger partial charge on any atom is 0.220 e. The minimum absolute atomic E-state index is 0.147. The Balaban J connectivity index is 2.23. The van der Waals surface area contributed by atoms with E-state index in [0.29, 0.717) is 25.7 Å². The van der Waals surface area contributed by atoms with Crippen LogP contribution in [0.1, 0.15) is 162 Å². The van der Waals surface area contributed by atoms with Gasteiger partial charge < -0.3 is 35.6 Å². The molecule has 7 atom stereocenters. The van der Waals surface area contributed by atoms with Gasteiger partial charge in [-0.1, -0.05) is 147 Å². The van der Waals surface area contributed by atoms with E-state index in [1.165, 1.54) is 77.0 Å². The van der Waals surface area contributed by atoms with Crippen LogP contribution in [0.15, 0.2) is 36.5 Å². The van der Waals surface area contributed by atoms with Gasteiger partial charge in [0, 0.05) is 18.8 Å². The van der Waals surface area contributed by atoms with Crippen molar-refractivity contribution < 1.29 is 35.1 Å². The third-order valence-corrected chi connectivity index (χ3v) is 9.41. The van der Waals surface area contributed by atoms with Crippen LogP contribution >= 0.6 is 0 Å². The second-order valence-electron chi connectivity index (χ2n) is 13.9. The number of ether oxygens (including phenoxy) is 1. The monoisotopic (exact) mass is 680 g/mol. The first-order valence-electron chi connectivity index (χ1n) is 19.6. The summed E-state index contributed by atoms with van der Waals surface area (Å²) in [7, 11) is 0. The molecule has 1 saturated heterocycles. The van der Waals surface area contributed by atoms with Crippen molar-refractivity contribution in [3.63, 3.8) is 0 Å². The molecule has 6 N–H and O–H groups in total. The van der Waals surface area contributed by atoms with Gasteiger partial charge in [-0.15, -0.1) is 0 Å². The summed E-state index contributed by atoms with van der Waals surface area (Å²) in [6, 6.07) is -0.728. The van der Waals surface area contributed by atoms with Crippen molar-refractivity contribution in [3.8, 4) is 0 Å². The lowest BCUT2D eigenvalue weighted by molar-refractivity contribution is -0.199. The summed E-state index contributed by atoms with van der Waals surface area (Å²) >= 11 is 0. The molecule has 8 nitrogen and oxygen atoms in total. The van der Waals surface area contributed by atoms with Crippen molar-refractivity contribution in [2.24, 2.45) is 5.92 Å². The zero-order chi connectivity index (χ0) is 35.2. The van der Waals surface area contributed by atoms with Gasteiger partial charge in [0.1, 0.15) is 0 Å². The third kappa shape index (κ3) is 23.0. The van der Waals surface area contributed by atoms with Crippen LogP contribution in [-0.4, -0.2) is 74.8 Å². The average Bonchev–Trinajstić information content (AvgIpc) is 3.06. The summed E-state index contributed by atoms with van der Waals surface area (Å²) in [4.78, 5) is 12.5. The van der Waals surface area contributed by atoms with Crippen LogP contribution in [0.5, 0.6) is 0 Å². The fraction of sp³-hybridized carbons (Fsp3) is 0.825. The first kappa shape index (κ1) is 44.5. The van der Waals surface area contributed by atoms with Gasteiger partial charge in [-0.25, -0.2) is 0 Å².